The van der Waals surface area contributed by atoms with Gasteiger partial charge in [0.25, 0.3) is 0 Å². The molecule has 0 spiro atoms. The maximum absolute atomic E-state index is 11.3. The zero-order valence-electron chi connectivity index (χ0n) is 9.11. The zero-order valence-corrected chi connectivity index (χ0v) is 9.11. The van der Waals surface area contributed by atoms with E-state index in [2.05, 4.69) is 10.6 Å². The first-order valence-electron chi connectivity index (χ1n) is 5.55. The number of hydrogen-bond donors (Lipinski definition) is 4. The molecule has 1 unspecified atom stereocenters. The predicted molar refractivity (Wildman–Crippen MR) is 57.1 cm³/mol. The zero-order chi connectivity index (χ0) is 12.0. The molecule has 0 aliphatic heterocycles. The maximum atomic E-state index is 11.3. The van der Waals surface area contributed by atoms with E-state index in [1.54, 1.807) is 0 Å². The summed E-state index contributed by atoms with van der Waals surface area (Å²) in [4.78, 5) is 21.6. The highest BCUT2D eigenvalue weighted by molar-refractivity contribution is 5.74. The fraction of sp³-hybridized carbons (Fsp3) is 0.800. The van der Waals surface area contributed by atoms with Crippen LogP contribution in [0.5, 0.6) is 0 Å². The van der Waals surface area contributed by atoms with Crippen LogP contribution in [0.25, 0.3) is 0 Å². The molecule has 16 heavy (non-hydrogen) atoms. The Hall–Kier alpha value is -1.30. The third-order valence-electron chi connectivity index (χ3n) is 2.68. The fourth-order valence-corrected chi connectivity index (χ4v) is 1.75. The number of aliphatic hydroxyl groups excluding tert-OH is 1. The van der Waals surface area contributed by atoms with E-state index in [0.717, 1.165) is 25.7 Å². The van der Waals surface area contributed by atoms with E-state index < -0.39 is 12.1 Å². The summed E-state index contributed by atoms with van der Waals surface area (Å²) in [5.74, 6) is -1.27. The minimum atomic E-state index is -1.41. The summed E-state index contributed by atoms with van der Waals surface area (Å²) in [6.45, 7) is 0.159. The van der Waals surface area contributed by atoms with Crippen LogP contribution in [0.4, 0.5) is 4.79 Å². The van der Waals surface area contributed by atoms with Crippen LogP contribution in [0.15, 0.2) is 0 Å². The second-order valence-electron chi connectivity index (χ2n) is 4.02. The number of aliphatic hydroxyl groups is 1. The predicted octanol–water partition coefficient (Wildman–Crippen LogP) is 0.0638. The number of rotatable bonds is 5. The number of aliphatic carboxylic acids is 1. The number of carbonyl (C=O) groups is 2. The maximum Gasteiger partial charge on any atom is 0.332 e. The van der Waals surface area contributed by atoms with Crippen molar-refractivity contribution in [1.82, 2.24) is 10.6 Å². The molecule has 1 saturated carbocycles. The number of urea groups is 1. The molecule has 1 rings (SSSR count). The Balaban J connectivity index is 2.08. The molecule has 0 heterocycles. The van der Waals surface area contributed by atoms with Gasteiger partial charge in [0, 0.05) is 19.0 Å². The third-order valence-corrected chi connectivity index (χ3v) is 2.68. The summed E-state index contributed by atoms with van der Waals surface area (Å²) in [6.07, 6.45) is 2.90. The topological polar surface area (TPSA) is 98.7 Å². The first-order chi connectivity index (χ1) is 7.59. The second kappa shape index (κ2) is 6.32. The first kappa shape index (κ1) is 12.8. The van der Waals surface area contributed by atoms with Gasteiger partial charge in [0.15, 0.2) is 6.10 Å². The molecule has 6 nitrogen and oxygen atoms in total. The van der Waals surface area contributed by atoms with E-state index in [1.165, 1.54) is 0 Å². The van der Waals surface area contributed by atoms with Crippen LogP contribution in [0.3, 0.4) is 0 Å². The van der Waals surface area contributed by atoms with Gasteiger partial charge < -0.3 is 20.8 Å². The van der Waals surface area contributed by atoms with Crippen LogP contribution in [-0.4, -0.2) is 40.9 Å². The average Bonchev–Trinajstić information content (AvgIpc) is 2.70. The van der Waals surface area contributed by atoms with E-state index in [9.17, 15) is 9.59 Å². The van der Waals surface area contributed by atoms with Gasteiger partial charge in [-0.25, -0.2) is 9.59 Å². The van der Waals surface area contributed by atoms with E-state index in [-0.39, 0.29) is 25.0 Å². The van der Waals surface area contributed by atoms with E-state index in [1.807, 2.05) is 0 Å². The van der Waals surface area contributed by atoms with Crippen molar-refractivity contribution in [2.45, 2.75) is 44.2 Å². The Labute approximate surface area is 94.0 Å². The summed E-state index contributed by atoms with van der Waals surface area (Å²) in [6, 6.07) is -0.0473. The fourth-order valence-electron chi connectivity index (χ4n) is 1.75. The summed E-state index contributed by atoms with van der Waals surface area (Å²) >= 11 is 0. The van der Waals surface area contributed by atoms with Gasteiger partial charge in [0.05, 0.1) is 0 Å². The van der Waals surface area contributed by atoms with Crippen molar-refractivity contribution in [3.8, 4) is 0 Å². The second-order valence-corrected chi connectivity index (χ2v) is 4.02. The molecule has 0 saturated heterocycles. The summed E-state index contributed by atoms with van der Waals surface area (Å²) in [5, 5.41) is 22.7. The van der Waals surface area contributed by atoms with E-state index in [0.29, 0.717) is 0 Å². The summed E-state index contributed by atoms with van der Waals surface area (Å²) in [5.41, 5.74) is 0. The lowest BCUT2D eigenvalue weighted by Gasteiger charge is -2.13. The monoisotopic (exact) mass is 230 g/mol. The minimum Gasteiger partial charge on any atom is -0.479 e. The van der Waals surface area contributed by atoms with Crippen molar-refractivity contribution in [1.29, 1.82) is 0 Å². The van der Waals surface area contributed by atoms with E-state index >= 15 is 0 Å². The number of carbonyl (C=O) groups excluding carboxylic acids is 1. The molecule has 0 aromatic rings. The normalized spacial score (nSPS) is 18.1. The lowest BCUT2D eigenvalue weighted by atomic mass is 10.2. The van der Waals surface area contributed by atoms with Crippen LogP contribution in [0, 0.1) is 0 Å². The Kier molecular flexibility index (Phi) is 5.04. The largest absolute Gasteiger partial charge is 0.479 e. The standard InChI is InChI=1S/C10H18N2O4/c13-8(9(14)15)5-6-11-10(16)12-7-3-1-2-4-7/h7-8,13H,1-6H2,(H,14,15)(H2,11,12,16). The van der Waals surface area contributed by atoms with Crippen LogP contribution >= 0.6 is 0 Å². The highest BCUT2D eigenvalue weighted by Gasteiger charge is 2.17. The Morgan fingerprint density at radius 2 is 1.94 bits per heavy atom. The van der Waals surface area contributed by atoms with Crippen LogP contribution in [0.1, 0.15) is 32.1 Å². The van der Waals surface area contributed by atoms with Gasteiger partial charge in [-0.3, -0.25) is 0 Å². The van der Waals surface area contributed by atoms with Crippen molar-refractivity contribution in [2.75, 3.05) is 6.54 Å². The highest BCUT2D eigenvalue weighted by Crippen LogP contribution is 2.17. The number of carboxylic acids is 1. The Morgan fingerprint density at radius 1 is 1.31 bits per heavy atom. The minimum absolute atomic E-state index is 0.0212. The summed E-state index contributed by atoms with van der Waals surface area (Å²) in [7, 11) is 0. The lowest BCUT2D eigenvalue weighted by Crippen LogP contribution is -2.42. The molecule has 4 N–H and O–H groups in total. The average molecular weight is 230 g/mol. The number of hydrogen-bond acceptors (Lipinski definition) is 3. The molecule has 1 aliphatic carbocycles. The molecule has 92 valence electrons. The van der Waals surface area contributed by atoms with Crippen LogP contribution < -0.4 is 10.6 Å². The smallest absolute Gasteiger partial charge is 0.332 e. The molecular formula is C10H18N2O4. The Bertz CT molecular complexity index is 251. The van der Waals surface area contributed by atoms with Crippen molar-refractivity contribution < 1.29 is 19.8 Å². The molecule has 0 aromatic heterocycles. The van der Waals surface area contributed by atoms with Gasteiger partial charge in [0.1, 0.15) is 0 Å². The van der Waals surface area contributed by atoms with Gasteiger partial charge in [-0.05, 0) is 12.8 Å². The lowest BCUT2D eigenvalue weighted by molar-refractivity contribution is -0.146. The molecule has 6 heteroatoms. The van der Waals surface area contributed by atoms with Gasteiger partial charge in [0.2, 0.25) is 0 Å². The molecular weight excluding hydrogens is 212 g/mol. The van der Waals surface area contributed by atoms with E-state index in [4.69, 9.17) is 10.2 Å². The van der Waals surface area contributed by atoms with Crippen molar-refractivity contribution >= 4 is 12.0 Å². The number of carboxylic acid groups (broad SMARTS) is 1. The Morgan fingerprint density at radius 3 is 2.50 bits per heavy atom. The number of amides is 2. The van der Waals surface area contributed by atoms with Crippen molar-refractivity contribution in [2.24, 2.45) is 0 Å². The quantitative estimate of drug-likeness (QED) is 0.537. The molecule has 0 radical (unpaired) electrons. The molecule has 0 aromatic carbocycles. The molecule has 2 amide bonds. The molecule has 1 atom stereocenters. The molecule has 1 fully saturated rings. The van der Waals surface area contributed by atoms with Gasteiger partial charge in [-0.15, -0.1) is 0 Å². The van der Waals surface area contributed by atoms with Crippen LogP contribution in [0.2, 0.25) is 0 Å². The third kappa shape index (κ3) is 4.48. The molecule has 1 aliphatic rings. The first-order valence-corrected chi connectivity index (χ1v) is 5.55. The SMILES string of the molecule is O=C(NCCC(O)C(=O)O)NC1CCCC1. The van der Waals surface area contributed by atoms with Gasteiger partial charge >= 0.3 is 12.0 Å². The van der Waals surface area contributed by atoms with Crippen molar-refractivity contribution in [3.05, 3.63) is 0 Å². The highest BCUT2D eigenvalue weighted by atomic mass is 16.4. The van der Waals surface area contributed by atoms with Crippen LogP contribution in [-0.2, 0) is 4.79 Å². The summed E-state index contributed by atoms with van der Waals surface area (Å²) < 4.78 is 0. The molecule has 0 bridgehead atoms. The number of nitrogens with one attached hydrogen (secondary N) is 2. The van der Waals surface area contributed by atoms with Gasteiger partial charge in [-0.1, -0.05) is 12.8 Å². The van der Waals surface area contributed by atoms with Gasteiger partial charge in [-0.2, -0.15) is 0 Å². The van der Waals surface area contributed by atoms with Crippen molar-refractivity contribution in [3.63, 3.8) is 0 Å².